The normalized spacial score (nSPS) is 18.9. The Morgan fingerprint density at radius 2 is 2.06 bits per heavy atom. The van der Waals surface area contributed by atoms with Crippen LogP contribution in [0, 0.1) is 18.3 Å². The van der Waals surface area contributed by atoms with E-state index in [0.29, 0.717) is 39.8 Å². The maximum Gasteiger partial charge on any atom is 0.319 e. The van der Waals surface area contributed by atoms with Crippen LogP contribution in [0.15, 0.2) is 47.0 Å². The van der Waals surface area contributed by atoms with Crippen molar-refractivity contribution in [1.82, 2.24) is 15.5 Å². The number of amides is 2. The lowest BCUT2D eigenvalue weighted by atomic mass is 9.86. The van der Waals surface area contributed by atoms with E-state index in [1.165, 1.54) is 0 Å². The number of carbonyl (C=O) groups excluding carboxylic acids is 1. The molecule has 0 saturated heterocycles. The van der Waals surface area contributed by atoms with E-state index in [1.54, 1.807) is 63.2 Å². The molecule has 9 heteroatoms. The first-order valence-electron chi connectivity index (χ1n) is 9.66. The first-order valence-corrected chi connectivity index (χ1v) is 9.66. The smallest absolute Gasteiger partial charge is 0.319 e. The highest BCUT2D eigenvalue weighted by molar-refractivity contribution is 5.90. The number of aliphatic hydroxyl groups excluding tert-OH is 1. The average Bonchev–Trinajstić information content (AvgIpc) is 3.17. The van der Waals surface area contributed by atoms with Crippen molar-refractivity contribution < 1.29 is 19.2 Å². The van der Waals surface area contributed by atoms with Gasteiger partial charge in [0.05, 0.1) is 17.7 Å². The molecule has 0 spiro atoms. The van der Waals surface area contributed by atoms with Crippen molar-refractivity contribution in [3.05, 3.63) is 59.4 Å². The Balaban J connectivity index is 1.56. The maximum absolute atomic E-state index is 12.8. The second kappa shape index (κ2) is 7.74. The third-order valence-corrected chi connectivity index (χ3v) is 5.06. The second-order valence-electron chi connectivity index (χ2n) is 7.82. The molecule has 1 aromatic heterocycles. The number of nitrogens with one attached hydrogen (secondary N) is 2. The van der Waals surface area contributed by atoms with Gasteiger partial charge in [-0.1, -0.05) is 11.2 Å². The van der Waals surface area contributed by atoms with E-state index in [2.05, 4.69) is 26.8 Å². The number of nitriles is 1. The molecule has 0 aliphatic carbocycles. The maximum atomic E-state index is 12.8. The predicted molar refractivity (Wildman–Crippen MR) is 111 cm³/mol. The first-order chi connectivity index (χ1) is 14.8. The van der Waals surface area contributed by atoms with E-state index in [-0.39, 0.29) is 0 Å². The number of aliphatic hydroxyl groups is 1. The van der Waals surface area contributed by atoms with E-state index in [0.717, 1.165) is 0 Å². The minimum absolute atomic E-state index is 0.348. The number of rotatable bonds is 3. The number of carbonyl (C=O) groups is 1. The summed E-state index contributed by atoms with van der Waals surface area (Å²) < 4.78 is 11.0. The molecular formula is C22H21N5O4. The first kappa shape index (κ1) is 20.4. The lowest BCUT2D eigenvalue weighted by Crippen LogP contribution is -2.54. The van der Waals surface area contributed by atoms with Crippen molar-refractivity contribution in [2.24, 2.45) is 0 Å². The molecule has 4 rings (SSSR count). The Bertz CT molecular complexity index is 1180. The van der Waals surface area contributed by atoms with Crippen molar-refractivity contribution in [2.75, 3.05) is 5.32 Å². The Morgan fingerprint density at radius 3 is 2.77 bits per heavy atom. The molecule has 3 aromatic rings. The Kier molecular flexibility index (Phi) is 5.09. The number of aromatic nitrogens is 2. The van der Waals surface area contributed by atoms with Gasteiger partial charge < -0.3 is 25.0 Å². The monoisotopic (exact) mass is 419 g/mol. The Labute approximate surface area is 178 Å². The molecule has 158 valence electrons. The zero-order valence-electron chi connectivity index (χ0n) is 17.2. The fourth-order valence-corrected chi connectivity index (χ4v) is 3.48. The summed E-state index contributed by atoms with van der Waals surface area (Å²) >= 11 is 0. The van der Waals surface area contributed by atoms with Crippen molar-refractivity contribution in [2.45, 2.75) is 38.5 Å². The number of fused-ring (bicyclic) bond motifs is 1. The largest absolute Gasteiger partial charge is 0.485 e. The number of ether oxygens (including phenoxy) is 1. The van der Waals surface area contributed by atoms with Crippen LogP contribution in [0.25, 0.3) is 11.5 Å². The van der Waals surface area contributed by atoms with E-state index in [1.807, 2.05) is 0 Å². The zero-order chi connectivity index (χ0) is 22.2. The summed E-state index contributed by atoms with van der Waals surface area (Å²) in [5, 5.41) is 29.4. The molecule has 31 heavy (non-hydrogen) atoms. The van der Waals surface area contributed by atoms with Crippen LogP contribution in [-0.2, 0) is 0 Å². The highest BCUT2D eigenvalue weighted by atomic mass is 16.5. The quantitative estimate of drug-likeness (QED) is 0.593. The Morgan fingerprint density at radius 1 is 1.26 bits per heavy atom. The summed E-state index contributed by atoms with van der Waals surface area (Å²) in [6.45, 7) is 5.20. The van der Waals surface area contributed by atoms with Gasteiger partial charge in [-0.05, 0) is 57.2 Å². The van der Waals surface area contributed by atoms with Gasteiger partial charge in [0.2, 0.25) is 0 Å². The van der Waals surface area contributed by atoms with Gasteiger partial charge in [0.15, 0.2) is 5.82 Å². The standard InChI is InChI=1S/C22H21N5O4/c1-12-24-20(31-27-12)14-5-4-6-15(10-14)25-21(29)26-18-16-9-13(11-23)7-8-17(16)30-22(2,3)19(18)28/h4-10,18-19,28H,1-3H3,(H2,25,26,29)/t18-,19+/m1/s1. The second-order valence-corrected chi connectivity index (χ2v) is 7.82. The van der Waals surface area contributed by atoms with Gasteiger partial charge in [0.1, 0.15) is 17.5 Å². The summed E-state index contributed by atoms with van der Waals surface area (Å²) in [5.41, 5.74) is 1.18. The van der Waals surface area contributed by atoms with Crippen molar-refractivity contribution in [1.29, 1.82) is 5.26 Å². The van der Waals surface area contributed by atoms with Gasteiger partial charge in [0.25, 0.3) is 5.89 Å². The SMILES string of the molecule is Cc1noc(-c2cccc(NC(=O)N[C@@H]3c4cc(C#N)ccc4OC(C)(C)[C@H]3O)c2)n1. The van der Waals surface area contributed by atoms with Crippen LogP contribution in [0.3, 0.4) is 0 Å². The number of benzene rings is 2. The summed E-state index contributed by atoms with van der Waals surface area (Å²) in [5.74, 6) is 1.37. The molecule has 0 unspecified atom stereocenters. The van der Waals surface area contributed by atoms with Gasteiger partial charge >= 0.3 is 6.03 Å². The number of urea groups is 1. The summed E-state index contributed by atoms with van der Waals surface area (Å²) in [6, 6.07) is 12.7. The van der Waals surface area contributed by atoms with Crippen LogP contribution in [0.1, 0.15) is 36.8 Å². The third-order valence-electron chi connectivity index (χ3n) is 5.06. The summed E-state index contributed by atoms with van der Waals surface area (Å²) in [7, 11) is 0. The van der Waals surface area contributed by atoms with Crippen LogP contribution in [-0.4, -0.2) is 33.0 Å². The van der Waals surface area contributed by atoms with E-state index in [9.17, 15) is 15.2 Å². The molecule has 0 bridgehead atoms. The summed E-state index contributed by atoms with van der Waals surface area (Å²) in [6.07, 6.45) is -1.03. The topological polar surface area (TPSA) is 133 Å². The highest BCUT2D eigenvalue weighted by Gasteiger charge is 2.43. The van der Waals surface area contributed by atoms with E-state index in [4.69, 9.17) is 9.26 Å². The lowest BCUT2D eigenvalue weighted by Gasteiger charge is -2.42. The number of nitrogens with zero attached hydrogens (tertiary/aromatic N) is 3. The highest BCUT2D eigenvalue weighted by Crippen LogP contribution is 2.40. The minimum Gasteiger partial charge on any atom is -0.485 e. The third kappa shape index (κ3) is 4.06. The molecule has 1 aliphatic heterocycles. The number of anilines is 1. The molecule has 2 atom stereocenters. The molecule has 0 fully saturated rings. The average molecular weight is 419 g/mol. The molecule has 9 nitrogen and oxygen atoms in total. The molecule has 2 aromatic carbocycles. The Hall–Kier alpha value is -3.90. The molecule has 2 amide bonds. The van der Waals surface area contributed by atoms with E-state index >= 15 is 0 Å². The van der Waals surface area contributed by atoms with Gasteiger partial charge in [0, 0.05) is 16.8 Å². The zero-order valence-corrected chi connectivity index (χ0v) is 17.2. The molecule has 0 radical (unpaired) electrons. The van der Waals surface area contributed by atoms with Gasteiger partial charge in [-0.3, -0.25) is 0 Å². The molecular weight excluding hydrogens is 398 g/mol. The van der Waals surface area contributed by atoms with Crippen LogP contribution >= 0.6 is 0 Å². The van der Waals surface area contributed by atoms with Crippen molar-refractivity contribution in [3.63, 3.8) is 0 Å². The van der Waals surface area contributed by atoms with Gasteiger partial charge in [-0.25, -0.2) is 4.79 Å². The fraction of sp³-hybridized carbons (Fsp3) is 0.273. The molecule has 3 N–H and O–H groups in total. The minimum atomic E-state index is -1.03. The van der Waals surface area contributed by atoms with Crippen LogP contribution in [0.2, 0.25) is 0 Å². The summed E-state index contributed by atoms with van der Waals surface area (Å²) in [4.78, 5) is 16.9. The molecule has 2 heterocycles. The van der Waals surface area contributed by atoms with Crippen LogP contribution < -0.4 is 15.4 Å². The lowest BCUT2D eigenvalue weighted by molar-refractivity contribution is -0.0618. The predicted octanol–water partition coefficient (Wildman–Crippen LogP) is 3.31. The van der Waals surface area contributed by atoms with Gasteiger partial charge in [-0.2, -0.15) is 10.2 Å². The molecule has 0 saturated carbocycles. The van der Waals surface area contributed by atoms with Gasteiger partial charge in [-0.15, -0.1) is 0 Å². The van der Waals surface area contributed by atoms with Crippen LogP contribution in [0.4, 0.5) is 10.5 Å². The van der Waals surface area contributed by atoms with Crippen LogP contribution in [0.5, 0.6) is 5.75 Å². The number of hydrogen-bond acceptors (Lipinski definition) is 7. The number of hydrogen-bond donors (Lipinski definition) is 3. The fourth-order valence-electron chi connectivity index (χ4n) is 3.48. The van der Waals surface area contributed by atoms with E-state index < -0.39 is 23.8 Å². The van der Waals surface area contributed by atoms with Crippen molar-refractivity contribution in [3.8, 4) is 23.3 Å². The molecule has 1 aliphatic rings. The number of aryl methyl sites for hydroxylation is 1. The van der Waals surface area contributed by atoms with Crippen molar-refractivity contribution >= 4 is 11.7 Å².